The molecule has 3 rings (SSSR count). The summed E-state index contributed by atoms with van der Waals surface area (Å²) in [5.74, 6) is 2.44. The number of benzene rings is 1. The first-order valence-corrected chi connectivity index (χ1v) is 8.48. The molecule has 1 aromatic carbocycles. The van der Waals surface area contributed by atoms with Gasteiger partial charge < -0.3 is 14.8 Å². The molecule has 1 atom stereocenters. The average Bonchev–Trinajstić information content (AvgIpc) is 3.04. The third kappa shape index (κ3) is 2.94. The molecule has 1 saturated heterocycles. The lowest BCUT2D eigenvalue weighted by atomic mass is 10.2. The fourth-order valence-corrected chi connectivity index (χ4v) is 3.15. The molecular formula is C14H16N2O3S2. The highest BCUT2D eigenvalue weighted by atomic mass is 32.2. The Kier molecular flexibility index (Phi) is 4.21. The molecule has 1 amide bonds. The number of fused-ring (bicyclic) bond motifs is 1. The number of hydrogen-bond acceptors (Lipinski definition) is 5. The summed E-state index contributed by atoms with van der Waals surface area (Å²) in [7, 11) is 0. The average molecular weight is 324 g/mol. The van der Waals surface area contributed by atoms with Gasteiger partial charge in [-0.2, -0.15) is 11.8 Å². The van der Waals surface area contributed by atoms with E-state index in [0.29, 0.717) is 11.7 Å². The smallest absolute Gasteiger partial charge is 0.251 e. The second-order valence-electron chi connectivity index (χ2n) is 4.90. The van der Waals surface area contributed by atoms with E-state index in [9.17, 15) is 4.79 Å². The van der Waals surface area contributed by atoms with Crippen molar-refractivity contribution in [1.82, 2.24) is 10.2 Å². The molecule has 0 spiro atoms. The summed E-state index contributed by atoms with van der Waals surface area (Å²) in [5.41, 5.74) is 0.974. The molecule has 0 aliphatic carbocycles. The van der Waals surface area contributed by atoms with Crippen LogP contribution in [-0.4, -0.2) is 40.8 Å². The monoisotopic (exact) mass is 324 g/mol. The van der Waals surface area contributed by atoms with E-state index >= 15 is 0 Å². The summed E-state index contributed by atoms with van der Waals surface area (Å²) < 4.78 is 10.6. The van der Waals surface area contributed by atoms with Gasteiger partial charge in [0.15, 0.2) is 16.6 Å². The Balaban J connectivity index is 1.69. The van der Waals surface area contributed by atoms with Crippen LogP contribution in [0.4, 0.5) is 0 Å². The zero-order valence-corrected chi connectivity index (χ0v) is 13.3. The summed E-state index contributed by atoms with van der Waals surface area (Å²) in [6.07, 6.45) is 2.82. The van der Waals surface area contributed by atoms with Crippen molar-refractivity contribution in [3.63, 3.8) is 0 Å². The summed E-state index contributed by atoms with van der Waals surface area (Å²) in [6, 6.07) is 5.49. The van der Waals surface area contributed by atoms with Crippen molar-refractivity contribution in [1.29, 1.82) is 0 Å². The Morgan fingerprint density at radius 1 is 1.43 bits per heavy atom. The van der Waals surface area contributed by atoms with Crippen LogP contribution in [0, 0.1) is 0 Å². The molecule has 7 heteroatoms. The van der Waals surface area contributed by atoms with E-state index < -0.39 is 0 Å². The van der Waals surface area contributed by atoms with Crippen molar-refractivity contribution in [2.45, 2.75) is 19.0 Å². The van der Waals surface area contributed by atoms with Crippen molar-refractivity contribution < 1.29 is 14.3 Å². The number of thiocarbonyl (C=S) groups is 1. The molecule has 0 aromatic heterocycles. The summed E-state index contributed by atoms with van der Waals surface area (Å²) in [5, 5.41) is 3.60. The van der Waals surface area contributed by atoms with Crippen LogP contribution in [0.1, 0.15) is 12.0 Å². The predicted molar refractivity (Wildman–Crippen MR) is 85.6 cm³/mol. The fourth-order valence-electron chi connectivity index (χ4n) is 2.38. The van der Waals surface area contributed by atoms with Gasteiger partial charge >= 0.3 is 0 Å². The minimum Gasteiger partial charge on any atom is -0.454 e. The largest absolute Gasteiger partial charge is 0.454 e. The third-order valence-electron chi connectivity index (χ3n) is 3.50. The normalized spacial score (nSPS) is 20.0. The van der Waals surface area contributed by atoms with Crippen molar-refractivity contribution >= 4 is 35.0 Å². The van der Waals surface area contributed by atoms with Crippen molar-refractivity contribution in [2.24, 2.45) is 0 Å². The molecule has 1 N–H and O–H groups in total. The van der Waals surface area contributed by atoms with Crippen LogP contribution in [0.25, 0.3) is 0 Å². The standard InChI is InChI=1S/C14H16N2O3S2/c1-21-5-4-10-13(17)16(14(20)15-10)7-9-2-3-11-12(6-9)19-8-18-11/h2-3,6,10H,4-5,7-8H2,1H3,(H,15,20)/t10-/m1/s1. The van der Waals surface area contributed by atoms with Gasteiger partial charge in [-0.15, -0.1) is 0 Å². The topological polar surface area (TPSA) is 50.8 Å². The number of hydrogen-bond donors (Lipinski definition) is 1. The van der Waals surface area contributed by atoms with E-state index in [4.69, 9.17) is 21.7 Å². The van der Waals surface area contributed by atoms with Gasteiger partial charge in [0.1, 0.15) is 6.04 Å². The van der Waals surface area contributed by atoms with Gasteiger partial charge in [-0.05, 0) is 48.3 Å². The van der Waals surface area contributed by atoms with Crippen molar-refractivity contribution in [3.8, 4) is 11.5 Å². The molecule has 2 heterocycles. The molecule has 0 saturated carbocycles. The lowest BCUT2D eigenvalue weighted by Crippen LogP contribution is -2.31. The van der Waals surface area contributed by atoms with Gasteiger partial charge in [0.05, 0.1) is 6.54 Å². The van der Waals surface area contributed by atoms with E-state index in [2.05, 4.69) is 5.32 Å². The maximum atomic E-state index is 12.4. The zero-order valence-electron chi connectivity index (χ0n) is 11.6. The molecule has 112 valence electrons. The Hall–Kier alpha value is -1.47. The number of amides is 1. The summed E-state index contributed by atoms with van der Waals surface area (Å²) in [6.45, 7) is 0.704. The highest BCUT2D eigenvalue weighted by Gasteiger charge is 2.34. The van der Waals surface area contributed by atoms with Crippen molar-refractivity contribution in [2.75, 3.05) is 18.8 Å². The molecule has 0 radical (unpaired) electrons. The molecule has 21 heavy (non-hydrogen) atoms. The Morgan fingerprint density at radius 2 is 2.24 bits per heavy atom. The number of thioether (sulfide) groups is 1. The number of carbonyl (C=O) groups excluding carboxylic acids is 1. The fraction of sp³-hybridized carbons (Fsp3) is 0.429. The van der Waals surface area contributed by atoms with E-state index in [1.165, 1.54) is 0 Å². The quantitative estimate of drug-likeness (QED) is 0.833. The first-order valence-electron chi connectivity index (χ1n) is 6.68. The lowest BCUT2D eigenvalue weighted by molar-refractivity contribution is -0.127. The minimum atomic E-state index is -0.195. The highest BCUT2D eigenvalue weighted by Crippen LogP contribution is 2.33. The Labute approximate surface area is 133 Å². The molecule has 0 unspecified atom stereocenters. The molecule has 2 aliphatic heterocycles. The van der Waals surface area contributed by atoms with Crippen LogP contribution >= 0.6 is 24.0 Å². The number of ether oxygens (including phenoxy) is 2. The van der Waals surface area contributed by atoms with Gasteiger partial charge in [0.25, 0.3) is 5.91 Å². The summed E-state index contributed by atoms with van der Waals surface area (Å²) in [4.78, 5) is 14.0. The van der Waals surface area contributed by atoms with Crippen LogP contribution in [0.3, 0.4) is 0 Å². The van der Waals surface area contributed by atoms with Crippen LogP contribution in [-0.2, 0) is 11.3 Å². The Bertz CT molecular complexity index is 579. The highest BCUT2D eigenvalue weighted by molar-refractivity contribution is 7.98. The first-order chi connectivity index (χ1) is 10.2. The van der Waals surface area contributed by atoms with Crippen LogP contribution in [0.15, 0.2) is 18.2 Å². The molecule has 2 aliphatic rings. The van der Waals surface area contributed by atoms with E-state index in [1.54, 1.807) is 16.7 Å². The maximum Gasteiger partial charge on any atom is 0.251 e. The van der Waals surface area contributed by atoms with E-state index in [0.717, 1.165) is 29.2 Å². The molecular weight excluding hydrogens is 308 g/mol. The molecule has 1 aromatic rings. The second-order valence-corrected chi connectivity index (χ2v) is 6.27. The van der Waals surface area contributed by atoms with Gasteiger partial charge in [-0.1, -0.05) is 6.07 Å². The van der Waals surface area contributed by atoms with E-state index in [-0.39, 0.29) is 18.7 Å². The molecule has 1 fully saturated rings. The van der Waals surface area contributed by atoms with Gasteiger partial charge in [0.2, 0.25) is 6.79 Å². The number of carbonyl (C=O) groups is 1. The van der Waals surface area contributed by atoms with E-state index in [1.807, 2.05) is 24.5 Å². The van der Waals surface area contributed by atoms with Crippen LogP contribution in [0.2, 0.25) is 0 Å². The minimum absolute atomic E-state index is 0.0479. The number of nitrogens with zero attached hydrogens (tertiary/aromatic N) is 1. The van der Waals surface area contributed by atoms with Gasteiger partial charge in [-0.25, -0.2) is 0 Å². The maximum absolute atomic E-state index is 12.4. The second kappa shape index (κ2) is 6.11. The SMILES string of the molecule is CSCC[C@H]1NC(=S)N(Cc2ccc3c(c2)OCO3)C1=O. The third-order valence-corrected chi connectivity index (χ3v) is 4.48. The van der Waals surface area contributed by atoms with Crippen LogP contribution < -0.4 is 14.8 Å². The summed E-state index contributed by atoms with van der Waals surface area (Å²) >= 11 is 7.00. The van der Waals surface area contributed by atoms with Crippen molar-refractivity contribution in [3.05, 3.63) is 23.8 Å². The molecule has 0 bridgehead atoms. The first kappa shape index (κ1) is 14.5. The van der Waals surface area contributed by atoms with Crippen LogP contribution in [0.5, 0.6) is 11.5 Å². The predicted octanol–water partition coefficient (Wildman–Crippen LogP) is 1.75. The number of rotatable bonds is 5. The lowest BCUT2D eigenvalue weighted by Gasteiger charge is -2.15. The zero-order chi connectivity index (χ0) is 14.8. The molecule has 5 nitrogen and oxygen atoms in total. The number of nitrogens with one attached hydrogen (secondary N) is 1. The Morgan fingerprint density at radius 3 is 3.05 bits per heavy atom. The van der Waals surface area contributed by atoms with Gasteiger partial charge in [0, 0.05) is 0 Å². The van der Waals surface area contributed by atoms with Gasteiger partial charge in [-0.3, -0.25) is 9.69 Å².